The molecule has 3 aliphatic heterocycles. The van der Waals surface area contributed by atoms with Gasteiger partial charge in [0, 0.05) is 74.9 Å². The first-order valence-corrected chi connectivity index (χ1v) is 14.3. The lowest BCUT2D eigenvalue weighted by Gasteiger charge is -2.42. The van der Waals surface area contributed by atoms with Crippen LogP contribution in [0.2, 0.25) is 5.02 Å². The Labute approximate surface area is 238 Å². The number of alkyl halides is 3. The number of rotatable bonds is 5. The molecule has 1 amide bonds. The van der Waals surface area contributed by atoms with Gasteiger partial charge in [-0.25, -0.2) is 4.79 Å². The van der Waals surface area contributed by atoms with Crippen molar-refractivity contribution in [2.24, 2.45) is 5.92 Å². The Kier molecular flexibility index (Phi) is 8.08. The lowest BCUT2D eigenvalue weighted by atomic mass is 9.82. The van der Waals surface area contributed by atoms with Crippen molar-refractivity contribution in [1.29, 1.82) is 0 Å². The van der Waals surface area contributed by atoms with Crippen molar-refractivity contribution in [3.05, 3.63) is 69.4 Å². The zero-order valence-corrected chi connectivity index (χ0v) is 23.7. The summed E-state index contributed by atoms with van der Waals surface area (Å²) in [5.74, 6) is -0.841. The van der Waals surface area contributed by atoms with Crippen molar-refractivity contribution in [3.63, 3.8) is 0 Å². The number of allylic oxidation sites excluding steroid dienone is 4. The average Bonchev–Trinajstić information content (AvgIpc) is 3.16. The highest BCUT2D eigenvalue weighted by atomic mass is 35.5. The van der Waals surface area contributed by atoms with E-state index in [2.05, 4.69) is 4.90 Å². The highest BCUT2D eigenvalue weighted by Crippen LogP contribution is 2.42. The van der Waals surface area contributed by atoms with Crippen LogP contribution in [-0.2, 0) is 20.7 Å². The topological polar surface area (TPSA) is 53.1 Å². The van der Waals surface area contributed by atoms with Crippen LogP contribution in [0.3, 0.4) is 0 Å². The van der Waals surface area contributed by atoms with E-state index < -0.39 is 23.3 Å². The van der Waals surface area contributed by atoms with Crippen LogP contribution in [0.4, 0.5) is 13.2 Å². The summed E-state index contributed by atoms with van der Waals surface area (Å²) in [7, 11) is 0. The molecule has 1 aromatic carbocycles. The third kappa shape index (κ3) is 5.96. The van der Waals surface area contributed by atoms with Crippen LogP contribution in [0.25, 0.3) is 0 Å². The number of piperazine rings is 1. The van der Waals surface area contributed by atoms with Crippen LogP contribution >= 0.6 is 11.6 Å². The Morgan fingerprint density at radius 3 is 2.35 bits per heavy atom. The van der Waals surface area contributed by atoms with Gasteiger partial charge in [0.05, 0.1) is 11.1 Å². The summed E-state index contributed by atoms with van der Waals surface area (Å²) in [6, 6.07) is 7.81. The molecule has 1 atom stereocenters. The molecule has 40 heavy (non-hydrogen) atoms. The van der Waals surface area contributed by atoms with E-state index in [4.69, 9.17) is 16.3 Å². The molecule has 0 saturated carbocycles. The first-order valence-electron chi connectivity index (χ1n) is 13.9. The van der Waals surface area contributed by atoms with Gasteiger partial charge in [0.2, 0.25) is 0 Å². The fourth-order valence-corrected chi connectivity index (χ4v) is 6.39. The fraction of sp³-hybridized carbons (Fsp3) is 0.533. The molecule has 4 aliphatic rings. The Morgan fingerprint density at radius 1 is 1.07 bits per heavy atom. The van der Waals surface area contributed by atoms with Crippen molar-refractivity contribution >= 4 is 23.5 Å². The number of benzene rings is 1. The number of piperidine rings is 1. The Morgan fingerprint density at radius 2 is 1.73 bits per heavy atom. The van der Waals surface area contributed by atoms with Gasteiger partial charge in [-0.15, -0.1) is 0 Å². The Hall–Kier alpha value is -2.78. The molecule has 3 heterocycles. The smallest absolute Gasteiger partial charge is 0.416 e. The molecule has 1 aromatic rings. The Balaban J connectivity index is 1.21. The lowest BCUT2D eigenvalue weighted by Crippen LogP contribution is -2.53. The number of ether oxygens (including phenoxy) is 1. The van der Waals surface area contributed by atoms with E-state index in [1.807, 2.05) is 29.2 Å². The van der Waals surface area contributed by atoms with E-state index in [0.29, 0.717) is 80.4 Å². The van der Waals surface area contributed by atoms with Crippen LogP contribution in [0.5, 0.6) is 0 Å². The van der Waals surface area contributed by atoms with Gasteiger partial charge in [-0.3, -0.25) is 4.79 Å². The molecular formula is C30H35ClF3N3O3. The number of halogens is 4. The van der Waals surface area contributed by atoms with Crippen LogP contribution in [0.15, 0.2) is 58.8 Å². The van der Waals surface area contributed by atoms with Crippen molar-refractivity contribution < 1.29 is 27.5 Å². The molecule has 0 bridgehead atoms. The largest absolute Gasteiger partial charge is 0.450 e. The van der Waals surface area contributed by atoms with E-state index in [1.54, 1.807) is 18.7 Å². The number of carbonyl (C=O) groups is 2. The number of hydrogen-bond acceptors (Lipinski definition) is 5. The maximum atomic E-state index is 13.8. The van der Waals surface area contributed by atoms with Gasteiger partial charge in [0.25, 0.3) is 5.91 Å². The van der Waals surface area contributed by atoms with Gasteiger partial charge in [0.1, 0.15) is 5.60 Å². The zero-order valence-electron chi connectivity index (χ0n) is 22.9. The number of hydrogen-bond donors (Lipinski definition) is 0. The van der Waals surface area contributed by atoms with E-state index >= 15 is 0 Å². The molecule has 1 spiro atoms. The third-order valence-corrected chi connectivity index (χ3v) is 8.80. The summed E-state index contributed by atoms with van der Waals surface area (Å²) in [4.78, 5) is 32.5. The van der Waals surface area contributed by atoms with Gasteiger partial charge < -0.3 is 19.4 Å². The van der Waals surface area contributed by atoms with Gasteiger partial charge in [0.15, 0.2) is 0 Å². The quantitative estimate of drug-likeness (QED) is 0.453. The molecule has 2 fully saturated rings. The number of esters is 1. The van der Waals surface area contributed by atoms with Crippen LogP contribution < -0.4 is 0 Å². The summed E-state index contributed by atoms with van der Waals surface area (Å²) in [5.41, 5.74) is 1.16. The molecular weight excluding hydrogens is 543 g/mol. The zero-order chi connectivity index (χ0) is 28.7. The number of nitrogens with zero attached hydrogens (tertiary/aromatic N) is 3. The number of carbonyl (C=O) groups excluding carboxylic acids is 2. The van der Waals surface area contributed by atoms with Crippen LogP contribution in [0, 0.1) is 5.92 Å². The lowest BCUT2D eigenvalue weighted by molar-refractivity contribution is -0.151. The van der Waals surface area contributed by atoms with Crippen molar-refractivity contribution in [2.45, 2.75) is 51.3 Å². The average molecular weight is 578 g/mol. The predicted octanol–water partition coefficient (Wildman–Crippen LogP) is 5.15. The summed E-state index contributed by atoms with van der Waals surface area (Å²) in [5, 5.41) is 0.709. The molecule has 0 N–H and O–H groups in total. The summed E-state index contributed by atoms with van der Waals surface area (Å²) in [6.07, 6.45) is 0.657. The van der Waals surface area contributed by atoms with E-state index in [0.717, 1.165) is 13.0 Å². The normalized spacial score (nSPS) is 23.9. The standard InChI is InChI=1S/C30H35ClF3N3O3/c1-20-17-23(30(32,33)34)19-25(18-20)36-13-15-37(16-14-36)27(38)26-21(2)28(39)40-29(26)8-11-35(12-9-29)10-7-22-3-5-24(31)6-4-22/h3-6,17,19-20H,7-16,18H2,1-2H3. The minimum absolute atomic E-state index is 0.195. The number of likely N-dealkylation sites (tertiary alicyclic amines) is 1. The second-order valence-corrected chi connectivity index (χ2v) is 11.8. The second kappa shape index (κ2) is 11.2. The summed E-state index contributed by atoms with van der Waals surface area (Å²) in [6.45, 7) is 7.37. The van der Waals surface area contributed by atoms with E-state index in [9.17, 15) is 22.8 Å². The van der Waals surface area contributed by atoms with Gasteiger partial charge in [-0.2, -0.15) is 13.2 Å². The van der Waals surface area contributed by atoms with Gasteiger partial charge in [-0.1, -0.05) is 36.7 Å². The second-order valence-electron chi connectivity index (χ2n) is 11.3. The van der Waals surface area contributed by atoms with Crippen molar-refractivity contribution in [3.8, 4) is 0 Å². The van der Waals surface area contributed by atoms with Crippen LogP contribution in [-0.4, -0.2) is 84.2 Å². The van der Waals surface area contributed by atoms with E-state index in [1.165, 1.54) is 17.7 Å². The molecule has 1 aliphatic carbocycles. The molecule has 10 heteroatoms. The highest BCUT2D eigenvalue weighted by Gasteiger charge is 2.51. The SMILES string of the molecule is CC1=C(C(=O)N2CCN(C3=CC(C(F)(F)F)=CC(C)C3)CC2)C2(CCN(CCc3ccc(Cl)cc3)CC2)OC1=O. The van der Waals surface area contributed by atoms with Crippen LogP contribution in [0.1, 0.15) is 38.7 Å². The van der Waals surface area contributed by atoms with Crippen molar-refractivity contribution in [1.82, 2.24) is 14.7 Å². The maximum absolute atomic E-state index is 13.8. The minimum atomic E-state index is -4.38. The highest BCUT2D eigenvalue weighted by molar-refractivity contribution is 6.30. The minimum Gasteiger partial charge on any atom is -0.450 e. The van der Waals surface area contributed by atoms with Crippen molar-refractivity contribution in [2.75, 3.05) is 45.8 Å². The summed E-state index contributed by atoms with van der Waals surface area (Å²) >= 11 is 5.99. The molecule has 0 radical (unpaired) electrons. The molecule has 6 nitrogen and oxygen atoms in total. The fourth-order valence-electron chi connectivity index (χ4n) is 6.27. The first-order chi connectivity index (χ1) is 18.9. The molecule has 216 valence electrons. The maximum Gasteiger partial charge on any atom is 0.416 e. The molecule has 1 unspecified atom stereocenters. The van der Waals surface area contributed by atoms with E-state index in [-0.39, 0.29) is 11.8 Å². The van der Waals surface area contributed by atoms with Gasteiger partial charge in [-0.05, 0) is 49.5 Å². The molecule has 5 rings (SSSR count). The monoisotopic (exact) mass is 577 g/mol. The number of amides is 1. The summed E-state index contributed by atoms with van der Waals surface area (Å²) < 4.78 is 46.0. The molecule has 0 aromatic heterocycles. The van der Waals surface area contributed by atoms with Gasteiger partial charge >= 0.3 is 12.1 Å². The first kappa shape index (κ1) is 28.7. The Bertz CT molecular complexity index is 1240. The predicted molar refractivity (Wildman–Crippen MR) is 147 cm³/mol. The molecule has 2 saturated heterocycles. The third-order valence-electron chi connectivity index (χ3n) is 8.55.